The lowest BCUT2D eigenvalue weighted by molar-refractivity contribution is -0.139. The van der Waals surface area contributed by atoms with Crippen molar-refractivity contribution in [3.8, 4) is 0 Å². The molecule has 1 aromatic carbocycles. The average Bonchev–Trinajstić information content (AvgIpc) is 2.87. The molecule has 1 aromatic heterocycles. The van der Waals surface area contributed by atoms with Crippen molar-refractivity contribution >= 4 is 23.7 Å². The van der Waals surface area contributed by atoms with Gasteiger partial charge >= 0.3 is 5.97 Å². The molecule has 0 bridgehead atoms. The number of hydrogen-bond acceptors (Lipinski definition) is 4. The van der Waals surface area contributed by atoms with Gasteiger partial charge in [-0.25, -0.2) is 4.79 Å². The molecule has 0 atom stereocenters. The van der Waals surface area contributed by atoms with E-state index in [0.717, 1.165) is 17.0 Å². The van der Waals surface area contributed by atoms with Crippen molar-refractivity contribution in [3.05, 3.63) is 64.6 Å². The maximum Gasteiger partial charge on any atom is 0.355 e. The van der Waals surface area contributed by atoms with Gasteiger partial charge in [-0.05, 0) is 31.6 Å². The molecule has 136 valence electrons. The quantitative estimate of drug-likeness (QED) is 0.491. The third kappa shape index (κ3) is 4.69. The van der Waals surface area contributed by atoms with Gasteiger partial charge in [0.15, 0.2) is 6.61 Å². The molecule has 2 rings (SSSR count). The van der Waals surface area contributed by atoms with Crippen molar-refractivity contribution in [2.75, 3.05) is 6.61 Å². The number of ketones is 1. The number of aryl methyl sites for hydroxylation is 1. The van der Waals surface area contributed by atoms with Crippen LogP contribution in [0.1, 0.15) is 34.2 Å². The molecular formula is C20H22N2O4. The predicted molar refractivity (Wildman–Crippen MR) is 98.4 cm³/mol. The molecule has 0 saturated heterocycles. The summed E-state index contributed by atoms with van der Waals surface area (Å²) in [5.74, 6) is -1.45. The highest BCUT2D eigenvalue weighted by atomic mass is 16.5. The van der Waals surface area contributed by atoms with Crippen molar-refractivity contribution < 1.29 is 19.1 Å². The summed E-state index contributed by atoms with van der Waals surface area (Å²) in [6, 6.07) is 10.8. The largest absolute Gasteiger partial charge is 0.453 e. The van der Waals surface area contributed by atoms with Crippen molar-refractivity contribution in [2.24, 2.45) is 7.05 Å². The first-order valence-electron chi connectivity index (χ1n) is 8.17. The molecule has 0 unspecified atom stereocenters. The van der Waals surface area contributed by atoms with E-state index < -0.39 is 18.5 Å². The Labute approximate surface area is 152 Å². The number of nitrogens with zero attached hydrogens (tertiary/aromatic N) is 1. The highest BCUT2D eigenvalue weighted by Gasteiger charge is 2.18. The fourth-order valence-corrected chi connectivity index (χ4v) is 2.48. The van der Waals surface area contributed by atoms with Gasteiger partial charge in [-0.2, -0.15) is 0 Å². The van der Waals surface area contributed by atoms with E-state index in [1.54, 1.807) is 18.2 Å². The lowest BCUT2D eigenvalue weighted by Crippen LogP contribution is -2.27. The second-order valence-corrected chi connectivity index (χ2v) is 5.99. The van der Waals surface area contributed by atoms with E-state index in [-0.39, 0.29) is 11.5 Å². The monoisotopic (exact) mass is 354 g/mol. The van der Waals surface area contributed by atoms with E-state index in [9.17, 15) is 14.4 Å². The zero-order valence-corrected chi connectivity index (χ0v) is 15.3. The number of ether oxygens (including phenoxy) is 1. The summed E-state index contributed by atoms with van der Waals surface area (Å²) >= 11 is 0. The van der Waals surface area contributed by atoms with Gasteiger partial charge in [0.2, 0.25) is 11.7 Å². The van der Waals surface area contributed by atoms with Crippen LogP contribution in [0.15, 0.2) is 42.1 Å². The first kappa shape index (κ1) is 19.2. The fraction of sp³-hybridized carbons (Fsp3) is 0.250. The van der Waals surface area contributed by atoms with Gasteiger partial charge in [-0.3, -0.25) is 9.59 Å². The molecule has 6 heteroatoms. The Morgan fingerprint density at radius 3 is 2.35 bits per heavy atom. The van der Waals surface area contributed by atoms with E-state index >= 15 is 0 Å². The Balaban J connectivity index is 2.12. The number of rotatable bonds is 6. The van der Waals surface area contributed by atoms with E-state index in [2.05, 4.69) is 5.32 Å². The Morgan fingerprint density at radius 2 is 1.81 bits per heavy atom. The molecule has 0 saturated carbocycles. The first-order chi connectivity index (χ1) is 12.3. The highest BCUT2D eigenvalue weighted by Crippen LogP contribution is 2.14. The Kier molecular flexibility index (Phi) is 6.11. The average molecular weight is 354 g/mol. The number of nitrogens with one attached hydrogen (secondary N) is 1. The normalized spacial score (nSPS) is 11.2. The van der Waals surface area contributed by atoms with Crippen LogP contribution >= 0.6 is 0 Å². The van der Waals surface area contributed by atoms with E-state index in [0.29, 0.717) is 5.56 Å². The number of benzene rings is 1. The van der Waals surface area contributed by atoms with Gasteiger partial charge in [-0.1, -0.05) is 30.3 Å². The van der Waals surface area contributed by atoms with Gasteiger partial charge in [0, 0.05) is 30.9 Å². The van der Waals surface area contributed by atoms with Crippen LogP contribution in [0.3, 0.4) is 0 Å². The highest BCUT2D eigenvalue weighted by molar-refractivity contribution is 6.02. The summed E-state index contributed by atoms with van der Waals surface area (Å²) < 4.78 is 7.01. The van der Waals surface area contributed by atoms with E-state index in [1.807, 2.05) is 43.7 Å². The molecule has 0 fully saturated rings. The Hall–Kier alpha value is -3.15. The number of carbonyl (C=O) groups is 3. The van der Waals surface area contributed by atoms with Crippen LogP contribution in [0.4, 0.5) is 0 Å². The maximum atomic E-state index is 12.3. The summed E-state index contributed by atoms with van der Waals surface area (Å²) in [6.45, 7) is 4.63. The van der Waals surface area contributed by atoms with Crippen LogP contribution in [0.2, 0.25) is 0 Å². The molecule has 1 N–H and O–H groups in total. The van der Waals surface area contributed by atoms with Crippen LogP contribution in [0.25, 0.3) is 6.08 Å². The molecule has 6 nitrogen and oxygen atoms in total. The summed E-state index contributed by atoms with van der Waals surface area (Å²) in [5, 5.41) is 2.45. The Morgan fingerprint density at radius 1 is 1.15 bits per heavy atom. The van der Waals surface area contributed by atoms with Crippen LogP contribution < -0.4 is 5.32 Å². The van der Waals surface area contributed by atoms with Crippen LogP contribution in [0, 0.1) is 13.8 Å². The van der Waals surface area contributed by atoms with Crippen molar-refractivity contribution in [1.29, 1.82) is 0 Å². The third-order valence-electron chi connectivity index (χ3n) is 4.05. The smallest absolute Gasteiger partial charge is 0.355 e. The zero-order valence-electron chi connectivity index (χ0n) is 15.3. The summed E-state index contributed by atoms with van der Waals surface area (Å²) in [7, 11) is 1.87. The van der Waals surface area contributed by atoms with Crippen molar-refractivity contribution in [2.45, 2.75) is 20.8 Å². The summed E-state index contributed by atoms with van der Waals surface area (Å²) in [5.41, 5.74) is 2.99. The van der Waals surface area contributed by atoms with Gasteiger partial charge in [0.25, 0.3) is 0 Å². The van der Waals surface area contributed by atoms with Crippen LogP contribution in [0.5, 0.6) is 0 Å². The van der Waals surface area contributed by atoms with Gasteiger partial charge < -0.3 is 14.6 Å². The summed E-state index contributed by atoms with van der Waals surface area (Å²) in [6.07, 6.45) is 1.51. The fourth-order valence-electron chi connectivity index (χ4n) is 2.48. The topological polar surface area (TPSA) is 77.4 Å². The summed E-state index contributed by atoms with van der Waals surface area (Å²) in [4.78, 5) is 36.0. The number of Topliss-reactive ketones (excluding diaryl/α,β-unsaturated/α-hetero) is 1. The standard InChI is InChI=1S/C20H22N2O4/c1-13-10-17(14(2)22(13)4)19(24)12-26-20(25)18(21-15(3)23)11-16-8-6-5-7-9-16/h5-11H,12H2,1-4H3,(H,21,23)/b18-11+. The third-order valence-corrected chi connectivity index (χ3v) is 4.05. The minimum Gasteiger partial charge on any atom is -0.453 e. The lowest BCUT2D eigenvalue weighted by atomic mass is 10.1. The van der Waals surface area contributed by atoms with E-state index in [4.69, 9.17) is 4.74 Å². The zero-order chi connectivity index (χ0) is 19.3. The number of amides is 1. The second-order valence-electron chi connectivity index (χ2n) is 5.99. The molecule has 2 aromatic rings. The van der Waals surface area contributed by atoms with E-state index in [1.165, 1.54) is 13.0 Å². The van der Waals surface area contributed by atoms with Gasteiger partial charge in [0.1, 0.15) is 5.70 Å². The van der Waals surface area contributed by atoms with Crippen LogP contribution in [-0.2, 0) is 21.4 Å². The van der Waals surface area contributed by atoms with Gasteiger partial charge in [-0.15, -0.1) is 0 Å². The molecule has 0 aliphatic carbocycles. The molecule has 1 amide bonds. The Bertz CT molecular complexity index is 863. The molecule has 0 aliphatic rings. The molecule has 0 radical (unpaired) electrons. The lowest BCUT2D eigenvalue weighted by Gasteiger charge is -2.09. The maximum absolute atomic E-state index is 12.3. The molecule has 26 heavy (non-hydrogen) atoms. The second kappa shape index (κ2) is 8.29. The number of aromatic nitrogens is 1. The van der Waals surface area contributed by atoms with Crippen LogP contribution in [-0.4, -0.2) is 28.8 Å². The van der Waals surface area contributed by atoms with Crippen molar-refractivity contribution in [1.82, 2.24) is 9.88 Å². The predicted octanol–water partition coefficient (Wildman–Crippen LogP) is 2.55. The molecule has 1 heterocycles. The number of esters is 1. The van der Waals surface area contributed by atoms with Gasteiger partial charge in [0.05, 0.1) is 0 Å². The molecular weight excluding hydrogens is 332 g/mol. The minimum absolute atomic E-state index is 0.0162. The first-order valence-corrected chi connectivity index (χ1v) is 8.17. The molecule has 0 spiro atoms. The molecule has 0 aliphatic heterocycles. The van der Waals surface area contributed by atoms with Crippen molar-refractivity contribution in [3.63, 3.8) is 0 Å². The SMILES string of the molecule is CC(=O)N/C(=C/c1ccccc1)C(=O)OCC(=O)c1cc(C)n(C)c1C. The number of hydrogen-bond donors (Lipinski definition) is 1. The number of carbonyl (C=O) groups excluding carboxylic acids is 3. The minimum atomic E-state index is -0.761.